The predicted molar refractivity (Wildman–Crippen MR) is 114 cm³/mol. The van der Waals surface area contributed by atoms with E-state index in [2.05, 4.69) is 0 Å². The zero-order valence-corrected chi connectivity index (χ0v) is 17.9. The van der Waals surface area contributed by atoms with Crippen LogP contribution in [-0.4, -0.2) is 75.9 Å². The maximum Gasteiger partial charge on any atom is 0.222 e. The summed E-state index contributed by atoms with van der Waals surface area (Å²) in [6.07, 6.45) is -4.68. The molecule has 0 aromatic heterocycles. The number of ether oxygens (including phenoxy) is 3. The van der Waals surface area contributed by atoms with Crippen LogP contribution >= 0.6 is 0 Å². The molecule has 2 saturated heterocycles. The summed E-state index contributed by atoms with van der Waals surface area (Å²) < 4.78 is 16.7. The SMILES string of the molecule is Cc1ccc([C@@]2(O)O[C@H](CO)[C@@H](O)[C@H](O)[C@H]2O)cc1Cc1ccc(O[C@@H]2CCOC2)cc1. The van der Waals surface area contributed by atoms with Gasteiger partial charge in [-0.25, -0.2) is 0 Å². The van der Waals surface area contributed by atoms with Gasteiger partial charge in [-0.2, -0.15) is 0 Å². The van der Waals surface area contributed by atoms with Crippen LogP contribution in [0.1, 0.15) is 28.7 Å². The van der Waals surface area contributed by atoms with Crippen molar-refractivity contribution in [1.82, 2.24) is 0 Å². The van der Waals surface area contributed by atoms with Crippen LogP contribution < -0.4 is 4.74 Å². The first-order valence-electron chi connectivity index (χ1n) is 10.8. The minimum Gasteiger partial charge on any atom is -0.488 e. The lowest BCUT2D eigenvalue weighted by Crippen LogP contribution is -2.63. The average Bonchev–Trinajstić information content (AvgIpc) is 3.30. The van der Waals surface area contributed by atoms with Crippen LogP contribution in [0.4, 0.5) is 0 Å². The minimum atomic E-state index is -2.27. The Morgan fingerprint density at radius 3 is 2.47 bits per heavy atom. The Morgan fingerprint density at radius 2 is 1.81 bits per heavy atom. The molecule has 2 aliphatic heterocycles. The Balaban J connectivity index is 1.53. The topological polar surface area (TPSA) is 129 Å². The van der Waals surface area contributed by atoms with E-state index in [-0.39, 0.29) is 11.7 Å². The molecule has 32 heavy (non-hydrogen) atoms. The van der Waals surface area contributed by atoms with Gasteiger partial charge in [0.05, 0.1) is 19.8 Å². The highest BCUT2D eigenvalue weighted by atomic mass is 16.7. The van der Waals surface area contributed by atoms with Crippen molar-refractivity contribution in [2.45, 2.75) is 56.1 Å². The molecule has 2 heterocycles. The molecule has 4 rings (SSSR count). The predicted octanol–water partition coefficient (Wildman–Crippen LogP) is 0.372. The van der Waals surface area contributed by atoms with Crippen LogP contribution in [0.15, 0.2) is 42.5 Å². The van der Waals surface area contributed by atoms with Crippen molar-refractivity contribution >= 4 is 0 Å². The molecule has 0 amide bonds. The van der Waals surface area contributed by atoms with Crippen molar-refractivity contribution in [1.29, 1.82) is 0 Å². The van der Waals surface area contributed by atoms with E-state index in [9.17, 15) is 25.5 Å². The van der Waals surface area contributed by atoms with Crippen LogP contribution in [-0.2, 0) is 21.7 Å². The Labute approximate surface area is 186 Å². The molecule has 2 aliphatic rings. The number of hydrogen-bond acceptors (Lipinski definition) is 8. The third kappa shape index (κ3) is 4.53. The number of aliphatic hydroxyl groups excluding tert-OH is 4. The molecular formula is C24H30O8. The molecular weight excluding hydrogens is 416 g/mol. The number of rotatable bonds is 6. The summed E-state index contributed by atoms with van der Waals surface area (Å²) in [6, 6.07) is 12.9. The average molecular weight is 446 g/mol. The van der Waals surface area contributed by atoms with Crippen molar-refractivity contribution in [2.24, 2.45) is 0 Å². The normalized spacial score (nSPS) is 32.8. The summed E-state index contributed by atoms with van der Waals surface area (Å²) in [5, 5.41) is 51.1. The van der Waals surface area contributed by atoms with Gasteiger partial charge in [0.2, 0.25) is 5.79 Å². The van der Waals surface area contributed by atoms with Crippen LogP contribution in [0.5, 0.6) is 5.75 Å². The van der Waals surface area contributed by atoms with Gasteiger partial charge < -0.3 is 39.7 Å². The fraction of sp³-hybridized carbons (Fsp3) is 0.500. The summed E-state index contributed by atoms with van der Waals surface area (Å²) >= 11 is 0. The van der Waals surface area contributed by atoms with Gasteiger partial charge in [0, 0.05) is 12.0 Å². The van der Waals surface area contributed by atoms with Crippen molar-refractivity contribution in [3.8, 4) is 5.75 Å². The van der Waals surface area contributed by atoms with E-state index in [1.54, 1.807) is 18.2 Å². The second-order valence-corrected chi connectivity index (χ2v) is 8.53. The molecule has 0 spiro atoms. The summed E-state index contributed by atoms with van der Waals surface area (Å²) in [5.41, 5.74) is 3.13. The van der Waals surface area contributed by atoms with Gasteiger partial charge in [0.25, 0.3) is 0 Å². The largest absolute Gasteiger partial charge is 0.488 e. The van der Waals surface area contributed by atoms with Gasteiger partial charge in [0.1, 0.15) is 36.3 Å². The maximum atomic E-state index is 11.1. The third-order valence-corrected chi connectivity index (χ3v) is 6.24. The van der Waals surface area contributed by atoms with Crippen LogP contribution in [0.3, 0.4) is 0 Å². The van der Waals surface area contributed by atoms with Crippen LogP contribution in [0.25, 0.3) is 0 Å². The lowest BCUT2D eigenvalue weighted by Gasteiger charge is -2.45. The zero-order chi connectivity index (χ0) is 22.9. The van der Waals surface area contributed by atoms with Crippen molar-refractivity contribution < 1.29 is 39.7 Å². The highest BCUT2D eigenvalue weighted by molar-refractivity contribution is 5.39. The van der Waals surface area contributed by atoms with E-state index in [1.165, 1.54) is 0 Å². The van der Waals surface area contributed by atoms with Gasteiger partial charge in [-0.1, -0.05) is 24.3 Å². The summed E-state index contributed by atoms with van der Waals surface area (Å²) in [7, 11) is 0. The quantitative estimate of drug-likeness (QED) is 0.431. The zero-order valence-electron chi connectivity index (χ0n) is 17.9. The summed E-state index contributed by atoms with van der Waals surface area (Å²) in [6.45, 7) is 2.65. The molecule has 0 radical (unpaired) electrons. The van der Waals surface area contributed by atoms with E-state index < -0.39 is 36.8 Å². The molecule has 0 bridgehead atoms. The fourth-order valence-corrected chi connectivity index (χ4v) is 4.18. The molecule has 5 N–H and O–H groups in total. The number of hydrogen-bond donors (Lipinski definition) is 5. The highest BCUT2D eigenvalue weighted by Gasteiger charge is 2.53. The second kappa shape index (κ2) is 9.44. The Morgan fingerprint density at radius 1 is 1.06 bits per heavy atom. The van der Waals surface area contributed by atoms with Crippen LogP contribution in [0.2, 0.25) is 0 Å². The molecule has 0 aliphatic carbocycles. The number of benzene rings is 2. The highest BCUT2D eigenvalue weighted by Crippen LogP contribution is 2.37. The standard InChI is InChI=1S/C24H30O8/c1-14-2-5-17(24(29)23(28)22(27)21(26)20(12-25)32-24)11-16(14)10-15-3-6-18(7-4-15)31-19-8-9-30-13-19/h2-7,11,19-23,25-29H,8-10,12-13H2,1H3/t19-,20-,21-,22+,23-,24-/m1/s1. The first kappa shape index (κ1) is 23.1. The van der Waals surface area contributed by atoms with E-state index in [0.29, 0.717) is 13.0 Å². The van der Waals surface area contributed by atoms with Crippen molar-refractivity contribution in [3.63, 3.8) is 0 Å². The molecule has 2 aromatic carbocycles. The fourth-order valence-electron chi connectivity index (χ4n) is 4.18. The van der Waals surface area contributed by atoms with E-state index >= 15 is 0 Å². The molecule has 174 valence electrons. The van der Waals surface area contributed by atoms with Gasteiger partial charge in [-0.15, -0.1) is 0 Å². The van der Waals surface area contributed by atoms with E-state index in [0.717, 1.165) is 35.5 Å². The lowest BCUT2D eigenvalue weighted by molar-refractivity contribution is -0.357. The second-order valence-electron chi connectivity index (χ2n) is 8.53. The Bertz CT molecular complexity index is 909. The van der Waals surface area contributed by atoms with Crippen molar-refractivity contribution in [2.75, 3.05) is 19.8 Å². The molecule has 2 fully saturated rings. The number of aryl methyl sites for hydroxylation is 1. The minimum absolute atomic E-state index is 0.0825. The molecule has 8 heteroatoms. The first-order chi connectivity index (χ1) is 15.3. The van der Waals surface area contributed by atoms with Gasteiger partial charge in [-0.05, 0) is 48.2 Å². The molecule has 8 nitrogen and oxygen atoms in total. The molecule has 2 aromatic rings. The molecule has 0 unspecified atom stereocenters. The Kier molecular flexibility index (Phi) is 6.83. The third-order valence-electron chi connectivity index (χ3n) is 6.24. The van der Waals surface area contributed by atoms with Gasteiger partial charge >= 0.3 is 0 Å². The number of aliphatic hydroxyl groups is 5. The molecule has 6 atom stereocenters. The van der Waals surface area contributed by atoms with Crippen LogP contribution in [0, 0.1) is 6.92 Å². The monoisotopic (exact) mass is 446 g/mol. The summed E-state index contributed by atoms with van der Waals surface area (Å²) in [4.78, 5) is 0. The molecule has 0 saturated carbocycles. The Hall–Kier alpha value is -2.04. The van der Waals surface area contributed by atoms with Crippen molar-refractivity contribution in [3.05, 3.63) is 64.7 Å². The lowest BCUT2D eigenvalue weighted by atomic mass is 9.86. The van der Waals surface area contributed by atoms with E-state index in [1.807, 2.05) is 31.2 Å². The van der Waals surface area contributed by atoms with E-state index in [4.69, 9.17) is 14.2 Å². The van der Waals surface area contributed by atoms with Gasteiger partial charge in [0.15, 0.2) is 0 Å². The maximum absolute atomic E-state index is 11.1. The smallest absolute Gasteiger partial charge is 0.222 e. The first-order valence-corrected chi connectivity index (χ1v) is 10.8. The van der Waals surface area contributed by atoms with Gasteiger partial charge in [-0.3, -0.25) is 0 Å². The summed E-state index contributed by atoms with van der Waals surface area (Å²) in [5.74, 6) is -1.49.